The molecule has 4 nitrogen and oxygen atoms in total. The number of aliphatic hydroxyl groups excluding tert-OH is 1. The van der Waals surface area contributed by atoms with Crippen LogP contribution in [0.25, 0.3) is 0 Å². The Morgan fingerprint density at radius 2 is 1.89 bits per heavy atom. The van der Waals surface area contributed by atoms with Crippen molar-refractivity contribution in [3.05, 3.63) is 29.8 Å². The maximum atomic E-state index is 12.2. The first-order chi connectivity index (χ1) is 8.50. The number of benzene rings is 1. The molecule has 0 aromatic heterocycles. The Labute approximate surface area is 108 Å². The Balaban J connectivity index is 2.19. The van der Waals surface area contributed by atoms with Crippen LogP contribution < -0.4 is 4.72 Å². The molecular formula is C13H19NO3S. The lowest BCUT2D eigenvalue weighted by Gasteiger charge is -2.28. The van der Waals surface area contributed by atoms with Gasteiger partial charge in [-0.05, 0) is 31.4 Å². The van der Waals surface area contributed by atoms with E-state index in [4.69, 9.17) is 0 Å². The summed E-state index contributed by atoms with van der Waals surface area (Å²) >= 11 is 0. The number of rotatable bonds is 3. The van der Waals surface area contributed by atoms with Crippen LogP contribution in [0.1, 0.15) is 31.2 Å². The largest absolute Gasteiger partial charge is 0.391 e. The van der Waals surface area contributed by atoms with Gasteiger partial charge in [0.15, 0.2) is 0 Å². The molecule has 0 bridgehead atoms. The van der Waals surface area contributed by atoms with E-state index in [1.165, 1.54) is 0 Å². The average Bonchev–Trinajstić information content (AvgIpc) is 2.32. The number of nitrogens with one attached hydrogen (secondary N) is 1. The van der Waals surface area contributed by atoms with Crippen molar-refractivity contribution in [2.45, 2.75) is 49.6 Å². The summed E-state index contributed by atoms with van der Waals surface area (Å²) in [6, 6.07) is 6.52. The predicted octanol–water partition coefficient (Wildman–Crippen LogP) is 1.58. The minimum Gasteiger partial charge on any atom is -0.391 e. The minimum atomic E-state index is -3.53. The smallest absolute Gasteiger partial charge is 0.241 e. The third-order valence-electron chi connectivity index (χ3n) is 3.42. The van der Waals surface area contributed by atoms with Gasteiger partial charge in [-0.2, -0.15) is 0 Å². The minimum absolute atomic E-state index is 0.294. The van der Waals surface area contributed by atoms with Gasteiger partial charge in [-0.25, -0.2) is 13.1 Å². The fourth-order valence-electron chi connectivity index (χ4n) is 2.37. The third-order valence-corrected chi connectivity index (χ3v) is 5.07. The first-order valence-corrected chi connectivity index (χ1v) is 7.75. The van der Waals surface area contributed by atoms with E-state index in [1.807, 2.05) is 6.07 Å². The summed E-state index contributed by atoms with van der Waals surface area (Å²) in [6.45, 7) is 1.77. The van der Waals surface area contributed by atoms with Crippen LogP contribution in [0.4, 0.5) is 0 Å². The number of hydrogen-bond acceptors (Lipinski definition) is 3. The SMILES string of the molecule is Cc1ccccc1S(=O)(=O)N[C@@H]1CCCC[C@H]1O. The van der Waals surface area contributed by atoms with E-state index in [0.717, 1.165) is 18.4 Å². The molecule has 1 aromatic carbocycles. The van der Waals surface area contributed by atoms with Gasteiger partial charge in [0, 0.05) is 6.04 Å². The lowest BCUT2D eigenvalue weighted by Crippen LogP contribution is -2.45. The molecule has 1 aliphatic rings. The van der Waals surface area contributed by atoms with Gasteiger partial charge in [0.25, 0.3) is 0 Å². The summed E-state index contributed by atoms with van der Waals surface area (Å²) in [7, 11) is -3.53. The molecule has 5 heteroatoms. The molecule has 0 saturated heterocycles. The molecule has 0 unspecified atom stereocenters. The Kier molecular flexibility index (Phi) is 4.04. The molecule has 1 fully saturated rings. The highest BCUT2D eigenvalue weighted by atomic mass is 32.2. The second-order valence-electron chi connectivity index (χ2n) is 4.85. The van der Waals surface area contributed by atoms with Crippen molar-refractivity contribution in [3.8, 4) is 0 Å². The van der Waals surface area contributed by atoms with Gasteiger partial charge in [0.05, 0.1) is 11.0 Å². The fraction of sp³-hybridized carbons (Fsp3) is 0.538. The number of hydrogen-bond donors (Lipinski definition) is 2. The normalized spacial score (nSPS) is 25.0. The monoisotopic (exact) mass is 269 g/mol. The van der Waals surface area contributed by atoms with Crippen LogP contribution in [-0.4, -0.2) is 25.7 Å². The molecular weight excluding hydrogens is 250 g/mol. The van der Waals surface area contributed by atoms with Crippen molar-refractivity contribution >= 4 is 10.0 Å². The molecule has 1 aromatic rings. The maximum Gasteiger partial charge on any atom is 0.241 e. The number of sulfonamides is 1. The Bertz CT molecular complexity index is 513. The van der Waals surface area contributed by atoms with Gasteiger partial charge in [-0.1, -0.05) is 31.0 Å². The maximum absolute atomic E-state index is 12.2. The first kappa shape index (κ1) is 13.5. The summed E-state index contributed by atoms with van der Waals surface area (Å²) < 4.78 is 27.1. The van der Waals surface area contributed by atoms with Crippen LogP contribution in [0.3, 0.4) is 0 Å². The van der Waals surface area contributed by atoms with Gasteiger partial charge in [-0.15, -0.1) is 0 Å². The summed E-state index contributed by atoms with van der Waals surface area (Å²) in [4.78, 5) is 0.294. The quantitative estimate of drug-likeness (QED) is 0.875. The van der Waals surface area contributed by atoms with Crippen LogP contribution >= 0.6 is 0 Å². The van der Waals surface area contributed by atoms with Crippen LogP contribution in [0.2, 0.25) is 0 Å². The zero-order valence-electron chi connectivity index (χ0n) is 10.5. The van der Waals surface area contributed by atoms with E-state index in [-0.39, 0.29) is 6.04 Å². The van der Waals surface area contributed by atoms with E-state index < -0.39 is 16.1 Å². The standard InChI is InChI=1S/C13H19NO3S/c1-10-6-2-5-9-13(10)18(16,17)14-11-7-3-4-8-12(11)15/h2,5-6,9,11-12,14-15H,3-4,7-8H2,1H3/t11-,12-/m1/s1. The number of aliphatic hydroxyl groups is 1. The Hall–Kier alpha value is -0.910. The van der Waals surface area contributed by atoms with Crippen molar-refractivity contribution in [1.29, 1.82) is 0 Å². The summed E-state index contributed by atoms with van der Waals surface area (Å²) in [5.74, 6) is 0. The van der Waals surface area contributed by atoms with Gasteiger partial charge >= 0.3 is 0 Å². The highest BCUT2D eigenvalue weighted by Crippen LogP contribution is 2.21. The lowest BCUT2D eigenvalue weighted by atomic mass is 9.93. The molecule has 0 radical (unpaired) electrons. The van der Waals surface area contributed by atoms with Crippen molar-refractivity contribution in [3.63, 3.8) is 0 Å². The molecule has 0 heterocycles. The van der Waals surface area contributed by atoms with Crippen LogP contribution in [-0.2, 0) is 10.0 Å². The lowest BCUT2D eigenvalue weighted by molar-refractivity contribution is 0.101. The van der Waals surface area contributed by atoms with Crippen molar-refractivity contribution in [2.75, 3.05) is 0 Å². The van der Waals surface area contributed by atoms with E-state index >= 15 is 0 Å². The molecule has 2 atom stereocenters. The first-order valence-electron chi connectivity index (χ1n) is 6.27. The summed E-state index contributed by atoms with van der Waals surface area (Å²) in [5.41, 5.74) is 0.718. The molecule has 0 spiro atoms. The second-order valence-corrected chi connectivity index (χ2v) is 6.53. The zero-order chi connectivity index (χ0) is 13.2. The van der Waals surface area contributed by atoms with E-state index in [0.29, 0.717) is 17.7 Å². The van der Waals surface area contributed by atoms with E-state index in [2.05, 4.69) is 4.72 Å². The summed E-state index contributed by atoms with van der Waals surface area (Å²) in [5, 5.41) is 9.82. The molecule has 2 rings (SSSR count). The van der Waals surface area contributed by atoms with Crippen molar-refractivity contribution in [1.82, 2.24) is 4.72 Å². The molecule has 100 valence electrons. The Morgan fingerprint density at radius 1 is 1.22 bits per heavy atom. The van der Waals surface area contributed by atoms with Crippen LogP contribution in [0.15, 0.2) is 29.2 Å². The van der Waals surface area contributed by atoms with Crippen LogP contribution in [0.5, 0.6) is 0 Å². The highest BCUT2D eigenvalue weighted by Gasteiger charge is 2.28. The highest BCUT2D eigenvalue weighted by molar-refractivity contribution is 7.89. The van der Waals surface area contributed by atoms with Gasteiger partial charge in [0.1, 0.15) is 0 Å². The van der Waals surface area contributed by atoms with E-state index in [1.54, 1.807) is 25.1 Å². The summed E-state index contributed by atoms with van der Waals surface area (Å²) in [6.07, 6.45) is 2.72. The fourth-order valence-corrected chi connectivity index (χ4v) is 3.92. The van der Waals surface area contributed by atoms with Gasteiger partial charge in [0.2, 0.25) is 10.0 Å². The zero-order valence-corrected chi connectivity index (χ0v) is 11.3. The molecule has 0 amide bonds. The Morgan fingerprint density at radius 3 is 2.56 bits per heavy atom. The molecule has 2 N–H and O–H groups in total. The topological polar surface area (TPSA) is 66.4 Å². The molecule has 1 saturated carbocycles. The van der Waals surface area contributed by atoms with Gasteiger partial charge < -0.3 is 5.11 Å². The average molecular weight is 269 g/mol. The van der Waals surface area contributed by atoms with E-state index in [9.17, 15) is 13.5 Å². The third kappa shape index (κ3) is 2.91. The molecule has 0 aliphatic heterocycles. The number of aryl methyl sites for hydroxylation is 1. The predicted molar refractivity (Wildman–Crippen MR) is 69.8 cm³/mol. The molecule has 1 aliphatic carbocycles. The molecule has 18 heavy (non-hydrogen) atoms. The van der Waals surface area contributed by atoms with Gasteiger partial charge in [-0.3, -0.25) is 0 Å². The second kappa shape index (κ2) is 5.38. The van der Waals surface area contributed by atoms with Crippen molar-refractivity contribution in [2.24, 2.45) is 0 Å². The van der Waals surface area contributed by atoms with Crippen LogP contribution in [0, 0.1) is 6.92 Å². The van der Waals surface area contributed by atoms with Crippen molar-refractivity contribution < 1.29 is 13.5 Å².